The van der Waals surface area contributed by atoms with Gasteiger partial charge < -0.3 is 10.1 Å². The lowest BCUT2D eigenvalue weighted by Gasteiger charge is -2.32. The van der Waals surface area contributed by atoms with Crippen molar-refractivity contribution in [3.8, 4) is 0 Å². The van der Waals surface area contributed by atoms with E-state index in [1.807, 2.05) is 12.4 Å². The number of amides is 1. The number of rotatable bonds is 0. The largest absolute Gasteiger partial charge is 0.447 e. The third-order valence-electron chi connectivity index (χ3n) is 3.32. The molecule has 1 saturated heterocycles. The number of pyridine rings is 1. The van der Waals surface area contributed by atoms with Gasteiger partial charge in [-0.1, -0.05) is 0 Å². The fourth-order valence-corrected chi connectivity index (χ4v) is 3.04. The molecule has 5 heteroatoms. The molecule has 3 rings (SSSR count). The zero-order valence-electron chi connectivity index (χ0n) is 8.62. The number of nitrogens with zero attached hydrogens (tertiary/aromatic N) is 1. The molecule has 1 N–H and O–H groups in total. The molecule has 4 nitrogen and oxygen atoms in total. The highest BCUT2D eigenvalue weighted by atomic mass is 79.9. The number of halogens is 1. The van der Waals surface area contributed by atoms with Crippen molar-refractivity contribution in [3.05, 3.63) is 28.0 Å². The van der Waals surface area contributed by atoms with Crippen LogP contribution in [0.25, 0.3) is 0 Å². The number of fused-ring (bicyclic) bond motifs is 1. The molecule has 1 fully saturated rings. The Labute approximate surface area is 102 Å². The van der Waals surface area contributed by atoms with E-state index in [1.165, 1.54) is 11.1 Å². The molecule has 1 spiro atoms. The molecule has 1 amide bonds. The van der Waals surface area contributed by atoms with Gasteiger partial charge in [-0.25, -0.2) is 4.79 Å². The summed E-state index contributed by atoms with van der Waals surface area (Å²) in [5, 5.41) is 2.93. The van der Waals surface area contributed by atoms with Crippen molar-refractivity contribution in [2.24, 2.45) is 0 Å². The standard InChI is InChI=1S/C11H11BrN2O2/c12-9-5-13-4-7-3-11(2-1-8(7)9)6-16-10(15)14-11/h4-5H,1-3,6H2,(H,14,15). The van der Waals surface area contributed by atoms with E-state index in [0.717, 1.165) is 23.7 Å². The second-order valence-corrected chi connectivity index (χ2v) is 5.27. The number of hydrogen-bond acceptors (Lipinski definition) is 3. The molecule has 84 valence electrons. The summed E-state index contributed by atoms with van der Waals surface area (Å²) in [6.45, 7) is 0.470. The van der Waals surface area contributed by atoms with Gasteiger partial charge in [-0.3, -0.25) is 4.98 Å². The van der Waals surface area contributed by atoms with Gasteiger partial charge in [0.15, 0.2) is 0 Å². The molecule has 2 heterocycles. The number of cyclic esters (lactones) is 1. The van der Waals surface area contributed by atoms with Gasteiger partial charge in [-0.05, 0) is 39.9 Å². The van der Waals surface area contributed by atoms with Gasteiger partial charge in [-0.2, -0.15) is 0 Å². The molecule has 0 bridgehead atoms. The van der Waals surface area contributed by atoms with Gasteiger partial charge in [0.1, 0.15) is 6.61 Å². The first-order valence-corrected chi connectivity index (χ1v) is 6.04. The summed E-state index contributed by atoms with van der Waals surface area (Å²) in [6, 6.07) is 0. The maximum atomic E-state index is 11.1. The number of carbonyl (C=O) groups is 1. The van der Waals surface area contributed by atoms with E-state index in [1.54, 1.807) is 0 Å². The van der Waals surface area contributed by atoms with Crippen molar-refractivity contribution in [2.45, 2.75) is 24.8 Å². The second-order valence-electron chi connectivity index (χ2n) is 4.42. The summed E-state index contributed by atoms with van der Waals surface area (Å²) in [7, 11) is 0. The summed E-state index contributed by atoms with van der Waals surface area (Å²) in [5.74, 6) is 0. The van der Waals surface area contributed by atoms with Crippen LogP contribution < -0.4 is 5.32 Å². The van der Waals surface area contributed by atoms with E-state index < -0.39 is 0 Å². The Morgan fingerprint density at radius 2 is 2.38 bits per heavy atom. The molecule has 1 aliphatic heterocycles. The van der Waals surface area contributed by atoms with Gasteiger partial charge in [0.2, 0.25) is 0 Å². The zero-order chi connectivity index (χ0) is 11.2. The highest BCUT2D eigenvalue weighted by Gasteiger charge is 2.42. The van der Waals surface area contributed by atoms with E-state index in [2.05, 4.69) is 26.2 Å². The number of nitrogens with one attached hydrogen (secondary N) is 1. The molecule has 1 aromatic heterocycles. The van der Waals surface area contributed by atoms with Crippen molar-refractivity contribution in [1.29, 1.82) is 0 Å². The van der Waals surface area contributed by atoms with Gasteiger partial charge in [-0.15, -0.1) is 0 Å². The molecule has 1 aliphatic carbocycles. The Morgan fingerprint density at radius 1 is 1.50 bits per heavy atom. The first-order chi connectivity index (χ1) is 7.69. The Balaban J connectivity index is 1.95. The molecule has 16 heavy (non-hydrogen) atoms. The predicted octanol–water partition coefficient (Wildman–Crippen LogP) is 1.81. The quantitative estimate of drug-likeness (QED) is 0.790. The van der Waals surface area contributed by atoms with Crippen LogP contribution in [0, 0.1) is 0 Å². The van der Waals surface area contributed by atoms with Crippen LogP contribution in [-0.2, 0) is 17.6 Å². The van der Waals surface area contributed by atoms with E-state index in [4.69, 9.17) is 4.74 Å². The summed E-state index contributed by atoms with van der Waals surface area (Å²) >= 11 is 3.51. The third kappa shape index (κ3) is 1.50. The van der Waals surface area contributed by atoms with Crippen LogP contribution >= 0.6 is 15.9 Å². The minimum Gasteiger partial charge on any atom is -0.447 e. The molecule has 0 saturated carbocycles. The van der Waals surface area contributed by atoms with E-state index in [-0.39, 0.29) is 11.6 Å². The van der Waals surface area contributed by atoms with Crippen molar-refractivity contribution < 1.29 is 9.53 Å². The van der Waals surface area contributed by atoms with Crippen LogP contribution in [-0.4, -0.2) is 23.2 Å². The number of carbonyl (C=O) groups excluding carboxylic acids is 1. The Bertz CT molecular complexity index is 463. The molecule has 1 unspecified atom stereocenters. The Hall–Kier alpha value is -1.10. The van der Waals surface area contributed by atoms with Crippen LogP contribution in [0.2, 0.25) is 0 Å². The van der Waals surface area contributed by atoms with Crippen LogP contribution in [0.1, 0.15) is 17.5 Å². The van der Waals surface area contributed by atoms with Crippen molar-refractivity contribution >= 4 is 22.0 Å². The van der Waals surface area contributed by atoms with Gasteiger partial charge >= 0.3 is 6.09 Å². The van der Waals surface area contributed by atoms with Crippen LogP contribution in [0.15, 0.2) is 16.9 Å². The Kier molecular flexibility index (Phi) is 2.17. The molecular formula is C11H11BrN2O2. The normalized spacial score (nSPS) is 27.4. The first kappa shape index (κ1) is 10.1. The summed E-state index contributed by atoms with van der Waals surface area (Å²) in [4.78, 5) is 15.3. The van der Waals surface area contributed by atoms with E-state index in [9.17, 15) is 4.79 Å². The monoisotopic (exact) mass is 282 g/mol. The van der Waals surface area contributed by atoms with Gasteiger partial charge in [0.25, 0.3) is 0 Å². The lowest BCUT2D eigenvalue weighted by atomic mass is 9.79. The van der Waals surface area contributed by atoms with Crippen LogP contribution in [0.5, 0.6) is 0 Å². The SMILES string of the molecule is O=C1NC2(CCc3c(Br)cncc3C2)CO1. The molecule has 1 aromatic rings. The highest BCUT2D eigenvalue weighted by Crippen LogP contribution is 2.34. The summed E-state index contributed by atoms with van der Waals surface area (Å²) in [5.41, 5.74) is 2.31. The van der Waals surface area contributed by atoms with Crippen LogP contribution in [0.4, 0.5) is 4.79 Å². The number of ether oxygens (including phenoxy) is 1. The van der Waals surface area contributed by atoms with E-state index >= 15 is 0 Å². The topological polar surface area (TPSA) is 51.2 Å². The van der Waals surface area contributed by atoms with Gasteiger partial charge in [0.05, 0.1) is 5.54 Å². The molecule has 2 aliphatic rings. The Morgan fingerprint density at radius 3 is 3.12 bits per heavy atom. The second kappa shape index (κ2) is 3.45. The average Bonchev–Trinajstić information content (AvgIpc) is 2.60. The predicted molar refractivity (Wildman–Crippen MR) is 61.2 cm³/mol. The fourth-order valence-electron chi connectivity index (χ4n) is 2.47. The lowest BCUT2D eigenvalue weighted by Crippen LogP contribution is -2.48. The number of alkyl carbamates (subject to hydrolysis) is 1. The minimum absolute atomic E-state index is 0.202. The van der Waals surface area contributed by atoms with Crippen molar-refractivity contribution in [3.63, 3.8) is 0 Å². The average molecular weight is 283 g/mol. The highest BCUT2D eigenvalue weighted by molar-refractivity contribution is 9.10. The zero-order valence-corrected chi connectivity index (χ0v) is 10.2. The van der Waals surface area contributed by atoms with Gasteiger partial charge in [0, 0.05) is 23.3 Å². The first-order valence-electron chi connectivity index (χ1n) is 5.25. The molecule has 1 atom stereocenters. The smallest absolute Gasteiger partial charge is 0.407 e. The fraction of sp³-hybridized carbons (Fsp3) is 0.455. The molecule has 0 radical (unpaired) electrons. The molecular weight excluding hydrogens is 272 g/mol. The number of hydrogen-bond donors (Lipinski definition) is 1. The number of aromatic nitrogens is 1. The molecule has 0 aromatic carbocycles. The lowest BCUT2D eigenvalue weighted by molar-refractivity contribution is 0.170. The van der Waals surface area contributed by atoms with Crippen molar-refractivity contribution in [1.82, 2.24) is 10.3 Å². The maximum Gasteiger partial charge on any atom is 0.407 e. The maximum absolute atomic E-state index is 11.1. The van der Waals surface area contributed by atoms with E-state index in [0.29, 0.717) is 6.61 Å². The van der Waals surface area contributed by atoms with Crippen LogP contribution in [0.3, 0.4) is 0 Å². The summed E-state index contributed by atoms with van der Waals surface area (Å²) in [6.07, 6.45) is 6.08. The third-order valence-corrected chi connectivity index (χ3v) is 4.01. The van der Waals surface area contributed by atoms with Crippen molar-refractivity contribution in [2.75, 3.05) is 6.61 Å². The summed E-state index contributed by atoms with van der Waals surface area (Å²) < 4.78 is 6.07. The minimum atomic E-state index is -0.300.